The standard InChI is InChI=1S/C17H23N3O2/c1-12-15(13(2)20(3)19-12)10-7-11-18-17(22)16(21)14-8-5-4-6-9-14/h4-6,8-9,16,21H,7,10-11H2,1-3H3,(H,18,22)/t16-/m1/s1. The third-order valence-corrected chi connectivity index (χ3v) is 3.93. The van der Waals surface area contributed by atoms with Gasteiger partial charge in [-0.1, -0.05) is 30.3 Å². The Labute approximate surface area is 131 Å². The highest BCUT2D eigenvalue weighted by molar-refractivity contribution is 5.81. The molecule has 22 heavy (non-hydrogen) atoms. The van der Waals surface area contributed by atoms with Crippen molar-refractivity contribution < 1.29 is 9.90 Å². The van der Waals surface area contributed by atoms with Crippen molar-refractivity contribution in [1.82, 2.24) is 15.1 Å². The molecule has 1 amide bonds. The average molecular weight is 301 g/mol. The Hall–Kier alpha value is -2.14. The number of aliphatic hydroxyl groups is 1. The second kappa shape index (κ2) is 7.22. The van der Waals surface area contributed by atoms with E-state index in [0.29, 0.717) is 12.1 Å². The van der Waals surface area contributed by atoms with Crippen LogP contribution in [-0.4, -0.2) is 27.3 Å². The normalized spacial score (nSPS) is 12.2. The van der Waals surface area contributed by atoms with Crippen LogP contribution in [0.25, 0.3) is 0 Å². The molecule has 1 atom stereocenters. The van der Waals surface area contributed by atoms with Crippen LogP contribution >= 0.6 is 0 Å². The van der Waals surface area contributed by atoms with Crippen LogP contribution in [0, 0.1) is 13.8 Å². The van der Waals surface area contributed by atoms with Gasteiger partial charge >= 0.3 is 0 Å². The van der Waals surface area contributed by atoms with Crippen LogP contribution in [0.1, 0.15) is 35.0 Å². The maximum atomic E-state index is 11.9. The van der Waals surface area contributed by atoms with Gasteiger partial charge in [-0.25, -0.2) is 0 Å². The lowest BCUT2D eigenvalue weighted by Gasteiger charge is -2.11. The van der Waals surface area contributed by atoms with E-state index in [9.17, 15) is 9.90 Å². The van der Waals surface area contributed by atoms with Crippen molar-refractivity contribution in [2.24, 2.45) is 7.05 Å². The fourth-order valence-electron chi connectivity index (χ4n) is 2.54. The van der Waals surface area contributed by atoms with Gasteiger partial charge in [0.25, 0.3) is 5.91 Å². The van der Waals surface area contributed by atoms with Crippen LogP contribution in [0.2, 0.25) is 0 Å². The quantitative estimate of drug-likeness (QED) is 0.800. The molecule has 0 aliphatic rings. The van der Waals surface area contributed by atoms with Gasteiger partial charge in [0.05, 0.1) is 5.69 Å². The van der Waals surface area contributed by atoms with Crippen molar-refractivity contribution in [2.75, 3.05) is 6.54 Å². The van der Waals surface area contributed by atoms with E-state index in [2.05, 4.69) is 10.4 Å². The molecule has 1 heterocycles. The lowest BCUT2D eigenvalue weighted by Crippen LogP contribution is -2.30. The van der Waals surface area contributed by atoms with Crippen molar-refractivity contribution in [2.45, 2.75) is 32.8 Å². The molecule has 0 fully saturated rings. The van der Waals surface area contributed by atoms with Crippen LogP contribution in [-0.2, 0) is 18.3 Å². The summed E-state index contributed by atoms with van der Waals surface area (Å²) in [6, 6.07) is 8.95. The molecule has 5 heteroatoms. The molecule has 5 nitrogen and oxygen atoms in total. The molecule has 1 aromatic carbocycles. The minimum Gasteiger partial charge on any atom is -0.378 e. The smallest absolute Gasteiger partial charge is 0.253 e. The fourth-order valence-corrected chi connectivity index (χ4v) is 2.54. The van der Waals surface area contributed by atoms with Gasteiger partial charge < -0.3 is 10.4 Å². The van der Waals surface area contributed by atoms with Gasteiger partial charge in [0.2, 0.25) is 0 Å². The number of rotatable bonds is 6. The summed E-state index contributed by atoms with van der Waals surface area (Å²) in [5.41, 5.74) is 4.04. The molecule has 2 aromatic rings. The van der Waals surface area contributed by atoms with Crippen LogP contribution in [0.5, 0.6) is 0 Å². The zero-order chi connectivity index (χ0) is 16.1. The minimum atomic E-state index is -1.11. The number of hydrogen-bond donors (Lipinski definition) is 2. The number of benzene rings is 1. The number of amides is 1. The first-order valence-corrected chi connectivity index (χ1v) is 7.50. The fraction of sp³-hybridized carbons (Fsp3) is 0.412. The molecule has 0 saturated heterocycles. The van der Waals surface area contributed by atoms with Crippen LogP contribution in [0.3, 0.4) is 0 Å². The second-order valence-corrected chi connectivity index (χ2v) is 5.48. The topological polar surface area (TPSA) is 67.2 Å². The summed E-state index contributed by atoms with van der Waals surface area (Å²) in [6.07, 6.45) is 0.580. The molecule has 0 spiro atoms. The van der Waals surface area contributed by atoms with Gasteiger partial charge in [0.15, 0.2) is 6.10 Å². The summed E-state index contributed by atoms with van der Waals surface area (Å²) in [5.74, 6) is -0.356. The van der Waals surface area contributed by atoms with E-state index in [0.717, 1.165) is 24.2 Å². The van der Waals surface area contributed by atoms with E-state index < -0.39 is 6.10 Å². The summed E-state index contributed by atoms with van der Waals surface area (Å²) in [4.78, 5) is 11.9. The predicted octanol–water partition coefficient (Wildman–Crippen LogP) is 1.82. The number of carbonyl (C=O) groups excluding carboxylic acids is 1. The first-order valence-electron chi connectivity index (χ1n) is 7.50. The number of nitrogens with one attached hydrogen (secondary N) is 1. The Kier molecular flexibility index (Phi) is 5.33. The number of carbonyl (C=O) groups is 1. The zero-order valence-electron chi connectivity index (χ0n) is 13.3. The molecular weight excluding hydrogens is 278 g/mol. The van der Waals surface area contributed by atoms with Crippen LogP contribution in [0.4, 0.5) is 0 Å². The number of nitrogens with zero attached hydrogens (tertiary/aromatic N) is 2. The van der Waals surface area contributed by atoms with E-state index in [1.165, 1.54) is 5.56 Å². The van der Waals surface area contributed by atoms with Gasteiger partial charge in [-0.15, -0.1) is 0 Å². The van der Waals surface area contributed by atoms with Crippen LogP contribution in [0.15, 0.2) is 30.3 Å². The molecule has 0 radical (unpaired) electrons. The van der Waals surface area contributed by atoms with Crippen molar-refractivity contribution in [1.29, 1.82) is 0 Å². The average Bonchev–Trinajstić information content (AvgIpc) is 2.77. The Balaban J connectivity index is 1.80. The highest BCUT2D eigenvalue weighted by Crippen LogP contribution is 2.14. The molecule has 2 rings (SSSR count). The summed E-state index contributed by atoms with van der Waals surface area (Å²) in [6.45, 7) is 4.59. The number of aliphatic hydroxyl groups excluding tert-OH is 1. The molecule has 0 aliphatic carbocycles. The molecule has 2 N–H and O–H groups in total. The highest BCUT2D eigenvalue weighted by Gasteiger charge is 2.16. The van der Waals surface area contributed by atoms with Gasteiger partial charge in [0.1, 0.15) is 0 Å². The Morgan fingerprint density at radius 3 is 2.59 bits per heavy atom. The molecule has 0 saturated carbocycles. The third kappa shape index (κ3) is 3.74. The second-order valence-electron chi connectivity index (χ2n) is 5.48. The molecule has 1 aromatic heterocycles. The van der Waals surface area contributed by atoms with Crippen molar-refractivity contribution >= 4 is 5.91 Å². The van der Waals surface area contributed by atoms with E-state index in [1.807, 2.05) is 31.6 Å². The number of aromatic nitrogens is 2. The first kappa shape index (κ1) is 16.2. The maximum absolute atomic E-state index is 11.9. The monoisotopic (exact) mass is 301 g/mol. The van der Waals surface area contributed by atoms with Gasteiger partial charge in [0, 0.05) is 19.3 Å². The molecule has 0 unspecified atom stereocenters. The Morgan fingerprint density at radius 2 is 2.00 bits per heavy atom. The van der Waals surface area contributed by atoms with E-state index in [4.69, 9.17) is 0 Å². The summed E-state index contributed by atoms with van der Waals surface area (Å²) < 4.78 is 1.88. The molecular formula is C17H23N3O2. The lowest BCUT2D eigenvalue weighted by atomic mass is 10.1. The lowest BCUT2D eigenvalue weighted by molar-refractivity contribution is -0.129. The van der Waals surface area contributed by atoms with Gasteiger partial charge in [-0.3, -0.25) is 9.48 Å². The van der Waals surface area contributed by atoms with Crippen molar-refractivity contribution in [3.8, 4) is 0 Å². The van der Waals surface area contributed by atoms with Crippen molar-refractivity contribution in [3.05, 3.63) is 52.8 Å². The van der Waals surface area contributed by atoms with E-state index in [-0.39, 0.29) is 5.91 Å². The van der Waals surface area contributed by atoms with E-state index in [1.54, 1.807) is 24.3 Å². The van der Waals surface area contributed by atoms with Crippen LogP contribution < -0.4 is 5.32 Å². The minimum absolute atomic E-state index is 0.356. The molecule has 118 valence electrons. The third-order valence-electron chi connectivity index (χ3n) is 3.93. The SMILES string of the molecule is Cc1nn(C)c(C)c1CCCNC(=O)[C@H](O)c1ccccc1. The number of aryl methyl sites for hydroxylation is 2. The summed E-state index contributed by atoms with van der Waals surface area (Å²) in [5, 5.41) is 17.1. The Bertz CT molecular complexity index is 635. The van der Waals surface area contributed by atoms with Gasteiger partial charge in [-0.05, 0) is 37.8 Å². The predicted molar refractivity (Wildman–Crippen MR) is 85.4 cm³/mol. The first-order chi connectivity index (χ1) is 10.5. The maximum Gasteiger partial charge on any atom is 0.253 e. The van der Waals surface area contributed by atoms with Crippen molar-refractivity contribution in [3.63, 3.8) is 0 Å². The zero-order valence-corrected chi connectivity index (χ0v) is 13.3. The number of hydrogen-bond acceptors (Lipinski definition) is 3. The highest BCUT2D eigenvalue weighted by atomic mass is 16.3. The van der Waals surface area contributed by atoms with E-state index >= 15 is 0 Å². The molecule has 0 bridgehead atoms. The largest absolute Gasteiger partial charge is 0.378 e. The summed E-state index contributed by atoms with van der Waals surface area (Å²) in [7, 11) is 1.93. The Morgan fingerprint density at radius 1 is 1.32 bits per heavy atom. The summed E-state index contributed by atoms with van der Waals surface area (Å²) >= 11 is 0. The van der Waals surface area contributed by atoms with Gasteiger partial charge in [-0.2, -0.15) is 5.10 Å². The molecule has 0 aliphatic heterocycles.